The number of hydrogen-bond acceptors (Lipinski definition) is 2. The van der Waals surface area contributed by atoms with E-state index in [0.717, 1.165) is 19.4 Å². The van der Waals surface area contributed by atoms with Gasteiger partial charge in [-0.15, -0.1) is 0 Å². The van der Waals surface area contributed by atoms with E-state index in [4.69, 9.17) is 0 Å². The molecular weight excluding hydrogens is 264 g/mol. The Bertz CT molecular complexity index is 318. The molecule has 0 radical (unpaired) electrons. The number of carbonyl (C=O) groups is 2. The lowest BCUT2D eigenvalue weighted by atomic mass is 10.1. The molecule has 0 spiro atoms. The van der Waals surface area contributed by atoms with Gasteiger partial charge in [0.25, 0.3) is 0 Å². The minimum atomic E-state index is -0.301. The van der Waals surface area contributed by atoms with E-state index in [0.29, 0.717) is 0 Å². The number of hydrogen-bond donors (Lipinski definition) is 1. The predicted molar refractivity (Wildman–Crippen MR) is 86.0 cm³/mol. The van der Waals surface area contributed by atoms with Gasteiger partial charge in [-0.1, -0.05) is 64.7 Å². The number of nitrogens with zero attached hydrogens (tertiary/aromatic N) is 1. The van der Waals surface area contributed by atoms with Crippen LogP contribution in [0.3, 0.4) is 0 Å². The Hall–Kier alpha value is -1.06. The van der Waals surface area contributed by atoms with Crippen LogP contribution in [0.2, 0.25) is 0 Å². The van der Waals surface area contributed by atoms with Crippen LogP contribution in [0.25, 0.3) is 0 Å². The third-order valence-electron chi connectivity index (χ3n) is 4.33. The average molecular weight is 296 g/mol. The summed E-state index contributed by atoms with van der Waals surface area (Å²) in [5, 5.41) is 2.62. The Morgan fingerprint density at radius 2 is 1.48 bits per heavy atom. The molecule has 21 heavy (non-hydrogen) atoms. The normalized spacial score (nSPS) is 19.0. The van der Waals surface area contributed by atoms with Gasteiger partial charge in [-0.2, -0.15) is 0 Å². The summed E-state index contributed by atoms with van der Waals surface area (Å²) in [7, 11) is 0. The van der Waals surface area contributed by atoms with Crippen LogP contribution in [0.5, 0.6) is 0 Å². The van der Waals surface area contributed by atoms with Crippen molar-refractivity contribution in [3.63, 3.8) is 0 Å². The maximum atomic E-state index is 11.8. The highest BCUT2D eigenvalue weighted by Gasteiger charge is 2.29. The minimum Gasteiger partial charge on any atom is -0.345 e. The first-order chi connectivity index (χ1) is 10.2. The molecule has 0 saturated carbocycles. The first-order valence-electron chi connectivity index (χ1n) is 8.74. The molecule has 1 heterocycles. The van der Waals surface area contributed by atoms with Gasteiger partial charge in [-0.25, -0.2) is 0 Å². The molecule has 2 amide bonds. The lowest BCUT2D eigenvalue weighted by molar-refractivity contribution is -0.144. The molecule has 1 aliphatic heterocycles. The summed E-state index contributed by atoms with van der Waals surface area (Å²) < 4.78 is 0. The molecule has 0 aromatic carbocycles. The van der Waals surface area contributed by atoms with Gasteiger partial charge in [0.2, 0.25) is 11.8 Å². The van der Waals surface area contributed by atoms with Crippen molar-refractivity contribution in [3.05, 3.63) is 0 Å². The van der Waals surface area contributed by atoms with Crippen LogP contribution < -0.4 is 5.32 Å². The van der Waals surface area contributed by atoms with Gasteiger partial charge in [0.1, 0.15) is 6.04 Å². The Kier molecular flexibility index (Phi) is 9.11. The van der Waals surface area contributed by atoms with E-state index in [1.54, 1.807) is 4.90 Å². The van der Waals surface area contributed by atoms with Crippen molar-refractivity contribution in [1.82, 2.24) is 10.2 Å². The average Bonchev–Trinajstić information content (AvgIpc) is 2.48. The SMILES string of the molecule is CCCCCCCCCCCCN1C(=O)CNC(=O)C1C. The van der Waals surface area contributed by atoms with Crippen LogP contribution in [0, 0.1) is 0 Å². The highest BCUT2D eigenvalue weighted by Crippen LogP contribution is 2.12. The molecule has 1 N–H and O–H groups in total. The largest absolute Gasteiger partial charge is 0.345 e. The van der Waals surface area contributed by atoms with Crippen LogP contribution in [-0.4, -0.2) is 35.8 Å². The second-order valence-corrected chi connectivity index (χ2v) is 6.16. The van der Waals surface area contributed by atoms with Gasteiger partial charge in [0, 0.05) is 6.54 Å². The Morgan fingerprint density at radius 1 is 0.952 bits per heavy atom. The molecule has 4 heteroatoms. The van der Waals surface area contributed by atoms with Crippen molar-refractivity contribution >= 4 is 11.8 Å². The lowest BCUT2D eigenvalue weighted by Gasteiger charge is -2.32. The number of unbranched alkanes of at least 4 members (excludes halogenated alkanes) is 9. The Morgan fingerprint density at radius 3 is 2.05 bits per heavy atom. The summed E-state index contributed by atoms with van der Waals surface area (Å²) in [5.41, 5.74) is 0. The molecule has 0 aromatic rings. The first kappa shape index (κ1) is 18.0. The first-order valence-corrected chi connectivity index (χ1v) is 8.74. The van der Waals surface area contributed by atoms with Crippen molar-refractivity contribution in [2.75, 3.05) is 13.1 Å². The zero-order chi connectivity index (χ0) is 15.5. The van der Waals surface area contributed by atoms with E-state index in [-0.39, 0.29) is 24.4 Å². The smallest absolute Gasteiger partial charge is 0.242 e. The number of piperazine rings is 1. The summed E-state index contributed by atoms with van der Waals surface area (Å²) in [6.45, 7) is 4.95. The van der Waals surface area contributed by atoms with E-state index in [2.05, 4.69) is 12.2 Å². The standard InChI is InChI=1S/C17H32N2O2/c1-3-4-5-6-7-8-9-10-11-12-13-19-15(2)17(21)18-14-16(19)20/h15H,3-14H2,1-2H3,(H,18,21). The van der Waals surface area contributed by atoms with Crippen LogP contribution >= 0.6 is 0 Å². The quantitative estimate of drug-likeness (QED) is 0.595. The molecule has 0 bridgehead atoms. The third-order valence-corrected chi connectivity index (χ3v) is 4.33. The highest BCUT2D eigenvalue weighted by molar-refractivity contribution is 5.94. The van der Waals surface area contributed by atoms with E-state index in [1.165, 1.54) is 51.4 Å². The van der Waals surface area contributed by atoms with Gasteiger partial charge in [-0.3, -0.25) is 9.59 Å². The monoisotopic (exact) mass is 296 g/mol. The van der Waals surface area contributed by atoms with Crippen LogP contribution in [0.15, 0.2) is 0 Å². The summed E-state index contributed by atoms with van der Waals surface area (Å²) in [6, 6.07) is -0.301. The summed E-state index contributed by atoms with van der Waals surface area (Å²) in [4.78, 5) is 25.0. The topological polar surface area (TPSA) is 49.4 Å². The molecule has 0 aliphatic carbocycles. The molecule has 1 unspecified atom stereocenters. The van der Waals surface area contributed by atoms with Gasteiger partial charge < -0.3 is 10.2 Å². The number of nitrogens with one attached hydrogen (secondary N) is 1. The van der Waals surface area contributed by atoms with Gasteiger partial charge >= 0.3 is 0 Å². The summed E-state index contributed by atoms with van der Waals surface area (Å²) in [6.07, 6.45) is 12.9. The third kappa shape index (κ3) is 6.96. The lowest BCUT2D eigenvalue weighted by Crippen LogP contribution is -2.57. The molecule has 1 aliphatic rings. The van der Waals surface area contributed by atoms with Crippen molar-refractivity contribution in [2.45, 2.75) is 84.1 Å². The van der Waals surface area contributed by atoms with Gasteiger partial charge in [0.05, 0.1) is 6.54 Å². The molecule has 1 rings (SSSR count). The summed E-state index contributed by atoms with van der Waals surface area (Å²) in [5.74, 6) is 0.0275. The van der Waals surface area contributed by atoms with E-state index in [1.807, 2.05) is 6.92 Å². The second-order valence-electron chi connectivity index (χ2n) is 6.16. The zero-order valence-electron chi connectivity index (χ0n) is 13.8. The van der Waals surface area contributed by atoms with E-state index < -0.39 is 0 Å². The van der Waals surface area contributed by atoms with Crippen LogP contribution in [0.1, 0.15) is 78.1 Å². The molecule has 1 saturated heterocycles. The Balaban J connectivity index is 1.98. The molecule has 4 nitrogen and oxygen atoms in total. The molecule has 1 fully saturated rings. The molecular formula is C17H32N2O2. The summed E-state index contributed by atoms with van der Waals surface area (Å²) >= 11 is 0. The fraction of sp³-hybridized carbons (Fsp3) is 0.882. The zero-order valence-corrected chi connectivity index (χ0v) is 13.8. The number of rotatable bonds is 11. The van der Waals surface area contributed by atoms with Crippen molar-refractivity contribution < 1.29 is 9.59 Å². The Labute approximate surface area is 129 Å². The van der Waals surface area contributed by atoms with Crippen molar-refractivity contribution in [2.24, 2.45) is 0 Å². The molecule has 1 atom stereocenters. The highest BCUT2D eigenvalue weighted by atomic mass is 16.2. The van der Waals surface area contributed by atoms with E-state index in [9.17, 15) is 9.59 Å². The number of carbonyl (C=O) groups excluding carboxylic acids is 2. The fourth-order valence-corrected chi connectivity index (χ4v) is 2.86. The minimum absolute atomic E-state index is 0.0262. The van der Waals surface area contributed by atoms with Crippen molar-refractivity contribution in [3.8, 4) is 0 Å². The van der Waals surface area contributed by atoms with E-state index >= 15 is 0 Å². The fourth-order valence-electron chi connectivity index (χ4n) is 2.86. The molecule has 0 aromatic heterocycles. The maximum absolute atomic E-state index is 11.8. The van der Waals surface area contributed by atoms with Gasteiger partial charge in [-0.05, 0) is 13.3 Å². The van der Waals surface area contributed by atoms with Gasteiger partial charge in [0.15, 0.2) is 0 Å². The predicted octanol–water partition coefficient (Wildman–Crippen LogP) is 3.25. The maximum Gasteiger partial charge on any atom is 0.242 e. The van der Waals surface area contributed by atoms with Crippen LogP contribution in [-0.2, 0) is 9.59 Å². The van der Waals surface area contributed by atoms with Crippen LogP contribution in [0.4, 0.5) is 0 Å². The number of amides is 2. The second kappa shape index (κ2) is 10.6. The van der Waals surface area contributed by atoms with Crippen molar-refractivity contribution in [1.29, 1.82) is 0 Å². The molecule has 122 valence electrons.